The summed E-state index contributed by atoms with van der Waals surface area (Å²) < 4.78 is 10.7. The molecule has 0 fully saturated rings. The molecule has 0 saturated heterocycles. The zero-order valence-corrected chi connectivity index (χ0v) is 25.5. The van der Waals surface area contributed by atoms with Crippen LogP contribution in [0.15, 0.2) is 146 Å². The molecule has 0 radical (unpaired) electrons. The van der Waals surface area contributed by atoms with Gasteiger partial charge in [0.05, 0.1) is 14.2 Å². The number of benzene rings is 6. The highest BCUT2D eigenvalue weighted by Gasteiger charge is 2.15. The van der Waals surface area contributed by atoms with E-state index in [9.17, 15) is 9.59 Å². The number of methoxy groups -OCH3 is 2. The number of carbonyl (C=O) groups excluding carboxylic acids is 2. The normalized spacial score (nSPS) is 10.6. The molecule has 6 heteroatoms. The maximum atomic E-state index is 11.3. The van der Waals surface area contributed by atoms with E-state index < -0.39 is 0 Å². The third-order valence-corrected chi connectivity index (χ3v) is 7.82. The highest BCUT2D eigenvalue weighted by molar-refractivity contribution is 5.83. The summed E-state index contributed by atoms with van der Waals surface area (Å²) in [6, 6.07) is 47.7. The molecule has 0 aliphatic heterocycles. The lowest BCUT2D eigenvalue weighted by Crippen LogP contribution is -2.10. The van der Waals surface area contributed by atoms with Gasteiger partial charge >= 0.3 is 0 Å². The van der Waals surface area contributed by atoms with Gasteiger partial charge in [-0.3, -0.25) is 9.59 Å². The van der Waals surface area contributed by atoms with Crippen molar-refractivity contribution in [1.29, 1.82) is 0 Å². The predicted octanol–water partition coefficient (Wildman–Crippen LogP) is 9.94. The van der Waals surface area contributed by atoms with Crippen molar-refractivity contribution in [2.45, 2.75) is 0 Å². The number of carbonyl (C=O) groups is 2. The van der Waals surface area contributed by atoms with Gasteiger partial charge in [-0.25, -0.2) is 0 Å². The largest absolute Gasteiger partial charge is 0.497 e. The Balaban J connectivity index is 1.31. The molecule has 0 aromatic heterocycles. The van der Waals surface area contributed by atoms with Gasteiger partial charge in [0.15, 0.2) is 0 Å². The summed E-state index contributed by atoms with van der Waals surface area (Å²) in [6.07, 6.45) is 1.70. The van der Waals surface area contributed by atoms with E-state index in [1.54, 1.807) is 14.2 Å². The molecule has 0 atom stereocenters. The zero-order valence-electron chi connectivity index (χ0n) is 25.5. The minimum atomic E-state index is 0.626. The van der Waals surface area contributed by atoms with E-state index in [1.165, 1.54) is 0 Å². The summed E-state index contributed by atoms with van der Waals surface area (Å²) in [5.74, 6) is 1.56. The molecule has 0 N–H and O–H groups in total. The molecule has 226 valence electrons. The van der Waals surface area contributed by atoms with Crippen molar-refractivity contribution in [3.05, 3.63) is 157 Å². The second-order valence-electron chi connectivity index (χ2n) is 10.6. The van der Waals surface area contributed by atoms with Crippen LogP contribution >= 0.6 is 0 Å². The lowest BCUT2D eigenvalue weighted by atomic mass is 10.0. The number of rotatable bonds is 11. The van der Waals surface area contributed by atoms with Crippen LogP contribution in [-0.2, 0) is 0 Å². The van der Waals surface area contributed by atoms with Gasteiger partial charge in [-0.1, -0.05) is 24.3 Å². The van der Waals surface area contributed by atoms with Crippen LogP contribution in [0.4, 0.5) is 34.1 Å². The fourth-order valence-electron chi connectivity index (χ4n) is 5.37. The van der Waals surface area contributed by atoms with Gasteiger partial charge in [0.25, 0.3) is 0 Å². The van der Waals surface area contributed by atoms with Gasteiger partial charge in [-0.05, 0) is 132 Å². The highest BCUT2D eigenvalue weighted by Crippen LogP contribution is 2.38. The number of anilines is 6. The average Bonchev–Trinajstić information content (AvgIpc) is 3.13. The SMILES string of the molecule is COc1ccc(N(c2ccc(C=O)cc2)c2ccc(-c3ccc(N(c4ccc(C=O)cc4)c4ccc(OC)cc4)cc3)cc2)cc1. The Kier molecular flexibility index (Phi) is 8.88. The van der Waals surface area contributed by atoms with E-state index in [1.807, 2.05) is 97.1 Å². The standard InChI is InChI=1S/C40H32N2O4/c1-45-39-23-19-37(20-24-39)41(33-11-3-29(27-43)4-12-33)35-15-7-31(8-16-35)32-9-17-36(18-10-32)42(34-13-5-30(28-44)6-14-34)38-21-25-40(46-2)26-22-38/h3-28H,1-2H3. The van der Waals surface area contributed by atoms with E-state index in [4.69, 9.17) is 9.47 Å². The second-order valence-corrected chi connectivity index (χ2v) is 10.6. The van der Waals surface area contributed by atoms with E-state index in [0.29, 0.717) is 11.1 Å². The molecule has 0 aliphatic carbocycles. The zero-order chi connectivity index (χ0) is 31.9. The van der Waals surface area contributed by atoms with Crippen LogP contribution in [0.25, 0.3) is 11.1 Å². The first kappa shape index (κ1) is 29.9. The molecular formula is C40H32N2O4. The number of hydrogen-bond donors (Lipinski definition) is 0. The minimum Gasteiger partial charge on any atom is -0.497 e. The van der Waals surface area contributed by atoms with Crippen LogP contribution in [-0.4, -0.2) is 26.8 Å². The van der Waals surface area contributed by atoms with E-state index in [-0.39, 0.29) is 0 Å². The molecule has 0 saturated carbocycles. The van der Waals surface area contributed by atoms with Crippen LogP contribution in [0.2, 0.25) is 0 Å². The molecule has 6 rings (SSSR count). The molecule has 6 nitrogen and oxygen atoms in total. The van der Waals surface area contributed by atoms with Gasteiger partial charge in [-0.2, -0.15) is 0 Å². The Hall–Kier alpha value is -6.14. The van der Waals surface area contributed by atoms with Crippen LogP contribution < -0.4 is 19.3 Å². The number of ether oxygens (including phenoxy) is 2. The van der Waals surface area contributed by atoms with Crippen LogP contribution in [0.3, 0.4) is 0 Å². The first-order chi connectivity index (χ1) is 22.6. The van der Waals surface area contributed by atoms with E-state index >= 15 is 0 Å². The van der Waals surface area contributed by atoms with E-state index in [2.05, 4.69) is 58.3 Å². The summed E-state index contributed by atoms with van der Waals surface area (Å²) in [5, 5.41) is 0. The van der Waals surface area contributed by atoms with Gasteiger partial charge < -0.3 is 19.3 Å². The Morgan fingerprint density at radius 3 is 0.848 bits per heavy atom. The number of hydrogen-bond acceptors (Lipinski definition) is 6. The lowest BCUT2D eigenvalue weighted by Gasteiger charge is -2.26. The van der Waals surface area contributed by atoms with Gasteiger partial charge in [0.1, 0.15) is 24.1 Å². The summed E-state index contributed by atoms with van der Waals surface area (Å²) >= 11 is 0. The second kappa shape index (κ2) is 13.7. The molecule has 46 heavy (non-hydrogen) atoms. The Morgan fingerprint density at radius 2 is 0.609 bits per heavy atom. The van der Waals surface area contributed by atoms with Crippen molar-refractivity contribution in [2.75, 3.05) is 24.0 Å². The number of aldehydes is 2. The molecule has 0 unspecified atom stereocenters. The monoisotopic (exact) mass is 604 g/mol. The fourth-order valence-corrected chi connectivity index (χ4v) is 5.37. The van der Waals surface area contributed by atoms with Crippen molar-refractivity contribution in [1.82, 2.24) is 0 Å². The van der Waals surface area contributed by atoms with Crippen LogP contribution in [0.1, 0.15) is 20.7 Å². The summed E-state index contributed by atoms with van der Waals surface area (Å²) in [4.78, 5) is 26.8. The van der Waals surface area contributed by atoms with Crippen molar-refractivity contribution in [3.63, 3.8) is 0 Å². The summed E-state index contributed by atoms with van der Waals surface area (Å²) in [6.45, 7) is 0. The van der Waals surface area contributed by atoms with Gasteiger partial charge in [0, 0.05) is 45.3 Å². The maximum absolute atomic E-state index is 11.3. The van der Waals surface area contributed by atoms with Crippen molar-refractivity contribution in [3.8, 4) is 22.6 Å². The average molecular weight is 605 g/mol. The molecule has 6 aromatic rings. The molecule has 6 aromatic carbocycles. The minimum absolute atomic E-state index is 0.626. The third kappa shape index (κ3) is 6.37. The molecule has 0 bridgehead atoms. The Labute approximate surface area is 268 Å². The Morgan fingerprint density at radius 1 is 0.370 bits per heavy atom. The van der Waals surface area contributed by atoms with Crippen molar-refractivity contribution in [2.24, 2.45) is 0 Å². The van der Waals surface area contributed by atoms with Crippen molar-refractivity contribution >= 4 is 46.7 Å². The molecule has 0 spiro atoms. The summed E-state index contributed by atoms with van der Waals surface area (Å²) in [7, 11) is 3.30. The maximum Gasteiger partial charge on any atom is 0.150 e. The highest BCUT2D eigenvalue weighted by atomic mass is 16.5. The fraction of sp³-hybridized carbons (Fsp3) is 0.0500. The quantitative estimate of drug-likeness (QED) is 0.137. The summed E-state index contributed by atoms with van der Waals surface area (Å²) in [5.41, 5.74) is 9.18. The topological polar surface area (TPSA) is 59.1 Å². The van der Waals surface area contributed by atoms with Crippen molar-refractivity contribution < 1.29 is 19.1 Å². The van der Waals surface area contributed by atoms with Gasteiger partial charge in [0.2, 0.25) is 0 Å². The first-order valence-corrected chi connectivity index (χ1v) is 14.8. The molecule has 0 heterocycles. The molecular weight excluding hydrogens is 572 g/mol. The smallest absolute Gasteiger partial charge is 0.150 e. The van der Waals surface area contributed by atoms with Gasteiger partial charge in [-0.15, -0.1) is 0 Å². The molecule has 0 aliphatic rings. The van der Waals surface area contributed by atoms with Crippen LogP contribution in [0, 0.1) is 0 Å². The Bertz CT molecular complexity index is 1760. The lowest BCUT2D eigenvalue weighted by molar-refractivity contribution is 0.111. The number of nitrogens with zero attached hydrogens (tertiary/aromatic N) is 2. The predicted molar refractivity (Wildman–Crippen MR) is 185 cm³/mol. The van der Waals surface area contributed by atoms with E-state index in [0.717, 1.165) is 69.3 Å². The third-order valence-electron chi connectivity index (χ3n) is 7.82. The van der Waals surface area contributed by atoms with Crippen LogP contribution in [0.5, 0.6) is 11.5 Å². The molecule has 0 amide bonds. The first-order valence-electron chi connectivity index (χ1n) is 14.8.